The molecule has 0 atom stereocenters. The van der Waals surface area contributed by atoms with E-state index < -0.39 is 5.97 Å². The fraction of sp³-hybridized carbons (Fsp3) is 0.600. The molecule has 0 bridgehead atoms. The molecule has 0 saturated heterocycles. The Balaban J connectivity index is 2.11. The number of aromatic carboxylic acids is 1. The van der Waals surface area contributed by atoms with Gasteiger partial charge in [0.1, 0.15) is 0 Å². The summed E-state index contributed by atoms with van der Waals surface area (Å²) in [7, 11) is 0. The number of nitrogens with one attached hydrogen (secondary N) is 1. The first-order valence-corrected chi connectivity index (χ1v) is 5.23. The van der Waals surface area contributed by atoms with Crippen molar-refractivity contribution >= 4 is 5.97 Å². The SMILES string of the molecule is CCn1c(CNC2CC2)cnc1C(=O)O. The van der Waals surface area contributed by atoms with E-state index in [4.69, 9.17) is 5.11 Å². The second kappa shape index (κ2) is 4.02. The molecule has 0 spiro atoms. The van der Waals surface area contributed by atoms with Crippen LogP contribution >= 0.6 is 0 Å². The predicted octanol–water partition coefficient (Wildman–Crippen LogP) is 0.853. The highest BCUT2D eigenvalue weighted by Crippen LogP contribution is 2.19. The van der Waals surface area contributed by atoms with Crippen LogP contribution in [0.4, 0.5) is 0 Å². The van der Waals surface area contributed by atoms with E-state index in [0.717, 1.165) is 5.69 Å². The van der Waals surface area contributed by atoms with Crippen molar-refractivity contribution in [2.75, 3.05) is 0 Å². The van der Waals surface area contributed by atoms with Gasteiger partial charge >= 0.3 is 5.97 Å². The molecular weight excluding hydrogens is 194 g/mol. The minimum atomic E-state index is -0.963. The number of aromatic nitrogens is 2. The Morgan fingerprint density at radius 3 is 3.00 bits per heavy atom. The molecule has 0 unspecified atom stereocenters. The first-order valence-electron chi connectivity index (χ1n) is 5.23. The molecule has 5 heteroatoms. The number of hydrogen-bond acceptors (Lipinski definition) is 3. The summed E-state index contributed by atoms with van der Waals surface area (Å²) in [5, 5.41) is 12.2. The Morgan fingerprint density at radius 1 is 1.73 bits per heavy atom. The van der Waals surface area contributed by atoms with E-state index in [9.17, 15) is 4.79 Å². The smallest absolute Gasteiger partial charge is 0.372 e. The van der Waals surface area contributed by atoms with Crippen molar-refractivity contribution in [2.45, 2.75) is 38.9 Å². The zero-order valence-corrected chi connectivity index (χ0v) is 8.73. The minimum Gasteiger partial charge on any atom is -0.475 e. The van der Waals surface area contributed by atoms with Gasteiger partial charge in [0.05, 0.1) is 11.9 Å². The molecule has 0 amide bonds. The number of imidazole rings is 1. The maximum absolute atomic E-state index is 10.8. The van der Waals surface area contributed by atoms with Gasteiger partial charge < -0.3 is 15.0 Å². The fourth-order valence-electron chi connectivity index (χ4n) is 1.61. The summed E-state index contributed by atoms with van der Waals surface area (Å²) < 4.78 is 1.73. The number of nitrogens with zero attached hydrogens (tertiary/aromatic N) is 2. The number of carboxylic acid groups (broad SMARTS) is 1. The standard InChI is InChI=1S/C10H15N3O2/c1-2-13-8(5-11-7-3-4-7)6-12-9(13)10(14)15/h6-7,11H,2-5H2,1H3,(H,14,15). The van der Waals surface area contributed by atoms with Gasteiger partial charge in [-0.3, -0.25) is 0 Å². The van der Waals surface area contributed by atoms with Crippen LogP contribution in [0.15, 0.2) is 6.20 Å². The molecule has 1 heterocycles. The zero-order chi connectivity index (χ0) is 10.8. The van der Waals surface area contributed by atoms with E-state index >= 15 is 0 Å². The topological polar surface area (TPSA) is 67.2 Å². The van der Waals surface area contributed by atoms with Gasteiger partial charge in [0.15, 0.2) is 0 Å². The molecule has 0 radical (unpaired) electrons. The van der Waals surface area contributed by atoms with Gasteiger partial charge in [0.25, 0.3) is 0 Å². The Morgan fingerprint density at radius 2 is 2.47 bits per heavy atom. The fourth-order valence-corrected chi connectivity index (χ4v) is 1.61. The minimum absolute atomic E-state index is 0.130. The van der Waals surface area contributed by atoms with Gasteiger partial charge in [0, 0.05) is 19.1 Å². The van der Waals surface area contributed by atoms with Crippen LogP contribution in [0, 0.1) is 0 Å². The van der Waals surface area contributed by atoms with Crippen LogP contribution < -0.4 is 5.32 Å². The van der Waals surface area contributed by atoms with Gasteiger partial charge in [-0.25, -0.2) is 9.78 Å². The van der Waals surface area contributed by atoms with Gasteiger partial charge in [-0.05, 0) is 19.8 Å². The molecule has 2 N–H and O–H groups in total. The zero-order valence-electron chi connectivity index (χ0n) is 8.73. The molecule has 1 fully saturated rings. The van der Waals surface area contributed by atoms with Gasteiger partial charge in [-0.1, -0.05) is 0 Å². The molecule has 1 saturated carbocycles. The molecule has 0 aliphatic heterocycles. The van der Waals surface area contributed by atoms with Crippen LogP contribution in [0.5, 0.6) is 0 Å². The Labute approximate surface area is 88.1 Å². The van der Waals surface area contributed by atoms with E-state index in [1.807, 2.05) is 6.92 Å². The lowest BCUT2D eigenvalue weighted by molar-refractivity contribution is 0.0678. The Bertz CT molecular complexity index is 369. The summed E-state index contributed by atoms with van der Waals surface area (Å²) >= 11 is 0. The maximum Gasteiger partial charge on any atom is 0.372 e. The highest BCUT2D eigenvalue weighted by atomic mass is 16.4. The number of carboxylic acids is 1. The summed E-state index contributed by atoms with van der Waals surface area (Å²) in [6.45, 7) is 3.27. The summed E-state index contributed by atoms with van der Waals surface area (Å²) in [4.78, 5) is 14.7. The second-order valence-electron chi connectivity index (χ2n) is 3.78. The first-order chi connectivity index (χ1) is 7.22. The highest BCUT2D eigenvalue weighted by molar-refractivity contribution is 5.83. The van der Waals surface area contributed by atoms with Crippen LogP contribution in [0.25, 0.3) is 0 Å². The summed E-state index contributed by atoms with van der Waals surface area (Å²) in [5.41, 5.74) is 0.946. The second-order valence-corrected chi connectivity index (χ2v) is 3.78. The number of hydrogen-bond donors (Lipinski definition) is 2. The lowest BCUT2D eigenvalue weighted by Gasteiger charge is -2.07. The molecule has 82 valence electrons. The third kappa shape index (κ3) is 2.18. The Hall–Kier alpha value is -1.36. The molecule has 0 aromatic carbocycles. The third-order valence-corrected chi connectivity index (χ3v) is 2.59. The molecule has 1 aromatic rings. The van der Waals surface area contributed by atoms with Crippen molar-refractivity contribution in [2.24, 2.45) is 0 Å². The van der Waals surface area contributed by atoms with Crippen LogP contribution in [-0.4, -0.2) is 26.7 Å². The van der Waals surface area contributed by atoms with Crippen LogP contribution in [0.2, 0.25) is 0 Å². The lowest BCUT2D eigenvalue weighted by Crippen LogP contribution is -2.19. The summed E-state index contributed by atoms with van der Waals surface area (Å²) in [6, 6.07) is 0.624. The van der Waals surface area contributed by atoms with E-state index in [2.05, 4.69) is 10.3 Å². The van der Waals surface area contributed by atoms with Crippen molar-refractivity contribution < 1.29 is 9.90 Å². The third-order valence-electron chi connectivity index (χ3n) is 2.59. The highest BCUT2D eigenvalue weighted by Gasteiger charge is 2.21. The summed E-state index contributed by atoms with van der Waals surface area (Å²) in [6.07, 6.45) is 4.10. The molecular formula is C10H15N3O2. The Kier molecular flexibility index (Phi) is 2.73. The van der Waals surface area contributed by atoms with Gasteiger partial charge in [-0.15, -0.1) is 0 Å². The normalized spacial score (nSPS) is 15.5. The molecule has 2 rings (SSSR count). The van der Waals surface area contributed by atoms with E-state index in [1.165, 1.54) is 12.8 Å². The molecule has 5 nitrogen and oxygen atoms in total. The molecule has 15 heavy (non-hydrogen) atoms. The number of carbonyl (C=O) groups is 1. The van der Waals surface area contributed by atoms with Gasteiger partial charge in [0.2, 0.25) is 5.82 Å². The largest absolute Gasteiger partial charge is 0.475 e. The molecule has 1 aromatic heterocycles. The first kappa shape index (κ1) is 10.2. The maximum atomic E-state index is 10.8. The quantitative estimate of drug-likeness (QED) is 0.754. The predicted molar refractivity (Wildman–Crippen MR) is 54.7 cm³/mol. The van der Waals surface area contributed by atoms with Gasteiger partial charge in [-0.2, -0.15) is 0 Å². The average molecular weight is 209 g/mol. The summed E-state index contributed by atoms with van der Waals surface area (Å²) in [5.74, 6) is -0.834. The molecule has 1 aliphatic carbocycles. The average Bonchev–Trinajstić information content (AvgIpc) is 2.93. The lowest BCUT2D eigenvalue weighted by atomic mass is 10.4. The van der Waals surface area contributed by atoms with Crippen molar-refractivity contribution in [1.82, 2.24) is 14.9 Å². The van der Waals surface area contributed by atoms with Crippen molar-refractivity contribution in [3.05, 3.63) is 17.7 Å². The molecule has 1 aliphatic rings. The van der Waals surface area contributed by atoms with Crippen LogP contribution in [-0.2, 0) is 13.1 Å². The van der Waals surface area contributed by atoms with Crippen LogP contribution in [0.1, 0.15) is 36.1 Å². The monoisotopic (exact) mass is 209 g/mol. The van der Waals surface area contributed by atoms with Crippen molar-refractivity contribution in [3.63, 3.8) is 0 Å². The van der Waals surface area contributed by atoms with Crippen molar-refractivity contribution in [3.8, 4) is 0 Å². The van der Waals surface area contributed by atoms with E-state index in [1.54, 1.807) is 10.8 Å². The van der Waals surface area contributed by atoms with E-state index in [0.29, 0.717) is 19.1 Å². The van der Waals surface area contributed by atoms with Crippen LogP contribution in [0.3, 0.4) is 0 Å². The van der Waals surface area contributed by atoms with Crippen molar-refractivity contribution in [1.29, 1.82) is 0 Å². The van der Waals surface area contributed by atoms with E-state index in [-0.39, 0.29) is 5.82 Å². The number of rotatable bonds is 5.